The first-order chi connectivity index (χ1) is 14.4. The van der Waals surface area contributed by atoms with E-state index in [4.69, 9.17) is 9.47 Å². The zero-order chi connectivity index (χ0) is 21.7. The van der Waals surface area contributed by atoms with E-state index in [-0.39, 0.29) is 11.9 Å². The summed E-state index contributed by atoms with van der Waals surface area (Å²) in [6.07, 6.45) is 4.07. The topological polar surface area (TPSA) is 64.6 Å². The smallest absolute Gasteiger partial charge is 0.341 e. The van der Waals surface area contributed by atoms with Crippen molar-refractivity contribution < 1.29 is 19.1 Å². The van der Waals surface area contributed by atoms with Gasteiger partial charge >= 0.3 is 5.97 Å². The molecular weight excluding hydrogens is 398 g/mol. The number of carbonyl (C=O) groups excluding carboxylic acids is 2. The first-order valence-corrected chi connectivity index (χ1v) is 11.5. The number of aryl methyl sites for hydroxylation is 3. The Hall–Kier alpha value is -2.34. The SMILES string of the molecule is CCOC(=O)c1c(NC(=O)CCCOc2ccc(C)cc2C)sc2c1C(C)CCC2. The summed E-state index contributed by atoms with van der Waals surface area (Å²) >= 11 is 1.52. The van der Waals surface area contributed by atoms with Gasteiger partial charge in [-0.1, -0.05) is 24.6 Å². The van der Waals surface area contributed by atoms with Gasteiger partial charge in [0.1, 0.15) is 10.8 Å². The summed E-state index contributed by atoms with van der Waals surface area (Å²) in [5.41, 5.74) is 3.92. The summed E-state index contributed by atoms with van der Waals surface area (Å²) in [7, 11) is 0. The van der Waals surface area contributed by atoms with Gasteiger partial charge in [-0.3, -0.25) is 4.79 Å². The van der Waals surface area contributed by atoms with Crippen LogP contribution in [0.2, 0.25) is 0 Å². The maximum Gasteiger partial charge on any atom is 0.341 e. The lowest BCUT2D eigenvalue weighted by Crippen LogP contribution is -2.17. The van der Waals surface area contributed by atoms with Gasteiger partial charge in [0.25, 0.3) is 0 Å². The summed E-state index contributed by atoms with van der Waals surface area (Å²) in [4.78, 5) is 26.4. The van der Waals surface area contributed by atoms with Gasteiger partial charge in [0, 0.05) is 11.3 Å². The molecule has 1 aliphatic rings. The molecule has 0 bridgehead atoms. The second-order valence-electron chi connectivity index (χ2n) is 7.93. The predicted molar refractivity (Wildman–Crippen MR) is 121 cm³/mol. The number of fused-ring (bicyclic) bond motifs is 1. The highest BCUT2D eigenvalue weighted by atomic mass is 32.1. The molecule has 5 nitrogen and oxygen atoms in total. The van der Waals surface area contributed by atoms with E-state index in [9.17, 15) is 9.59 Å². The highest BCUT2D eigenvalue weighted by molar-refractivity contribution is 7.17. The van der Waals surface area contributed by atoms with E-state index in [1.165, 1.54) is 21.8 Å². The van der Waals surface area contributed by atoms with Crippen molar-refractivity contribution in [3.8, 4) is 5.75 Å². The van der Waals surface area contributed by atoms with Crippen LogP contribution in [0.15, 0.2) is 18.2 Å². The van der Waals surface area contributed by atoms with Crippen molar-refractivity contribution in [1.82, 2.24) is 0 Å². The molecule has 1 unspecified atom stereocenters. The Morgan fingerprint density at radius 1 is 1.27 bits per heavy atom. The third-order valence-electron chi connectivity index (χ3n) is 5.42. The minimum atomic E-state index is -0.336. The highest BCUT2D eigenvalue weighted by Crippen LogP contribution is 2.43. The number of hydrogen-bond acceptors (Lipinski definition) is 5. The normalized spacial score (nSPS) is 15.4. The van der Waals surface area contributed by atoms with Crippen LogP contribution in [0.3, 0.4) is 0 Å². The lowest BCUT2D eigenvalue weighted by atomic mass is 9.86. The number of thiophene rings is 1. The molecule has 0 spiro atoms. The summed E-state index contributed by atoms with van der Waals surface area (Å²) in [6, 6.07) is 6.07. The second kappa shape index (κ2) is 10.1. The fourth-order valence-corrected chi connectivity index (χ4v) is 5.34. The number of hydrogen-bond donors (Lipinski definition) is 1. The Labute approximate surface area is 182 Å². The lowest BCUT2D eigenvalue weighted by Gasteiger charge is -2.19. The Balaban J connectivity index is 1.61. The minimum absolute atomic E-state index is 0.101. The monoisotopic (exact) mass is 429 g/mol. The van der Waals surface area contributed by atoms with Crippen LogP contribution in [0.4, 0.5) is 5.00 Å². The summed E-state index contributed by atoms with van der Waals surface area (Å²) in [5.74, 6) is 0.722. The van der Waals surface area contributed by atoms with Gasteiger partial charge in [0.05, 0.1) is 18.8 Å². The predicted octanol–water partition coefficient (Wildman–Crippen LogP) is 5.78. The summed E-state index contributed by atoms with van der Waals surface area (Å²) < 4.78 is 11.1. The molecular formula is C24H31NO4S. The van der Waals surface area contributed by atoms with Crippen molar-refractivity contribution in [3.63, 3.8) is 0 Å². The quantitative estimate of drug-likeness (QED) is 0.427. The molecule has 3 rings (SSSR count). The van der Waals surface area contributed by atoms with Gasteiger partial charge in [-0.15, -0.1) is 11.3 Å². The molecule has 0 aliphatic heterocycles. The van der Waals surface area contributed by atoms with Crippen molar-refractivity contribution in [1.29, 1.82) is 0 Å². The minimum Gasteiger partial charge on any atom is -0.493 e. The first-order valence-electron chi connectivity index (χ1n) is 10.7. The summed E-state index contributed by atoms with van der Waals surface area (Å²) in [6.45, 7) is 8.80. The van der Waals surface area contributed by atoms with Gasteiger partial charge in [0.15, 0.2) is 0 Å². The van der Waals surface area contributed by atoms with Crippen LogP contribution in [0, 0.1) is 13.8 Å². The summed E-state index contributed by atoms with van der Waals surface area (Å²) in [5, 5.41) is 3.60. The first kappa shape index (κ1) is 22.3. The van der Waals surface area contributed by atoms with Gasteiger partial charge < -0.3 is 14.8 Å². The third-order valence-corrected chi connectivity index (χ3v) is 6.61. The second-order valence-corrected chi connectivity index (χ2v) is 9.03. The molecule has 0 radical (unpaired) electrons. The molecule has 0 fully saturated rings. The van der Waals surface area contributed by atoms with Crippen molar-refractivity contribution in [2.45, 2.75) is 65.7 Å². The number of rotatable bonds is 8. The standard InChI is InChI=1S/C24H31NO4S/c1-5-28-24(27)22-21-16(3)8-6-9-19(21)30-23(22)25-20(26)10-7-13-29-18-12-11-15(2)14-17(18)4/h11-12,14,16H,5-10,13H2,1-4H3,(H,25,26). The molecule has 1 amide bonds. The Morgan fingerprint density at radius 2 is 2.07 bits per heavy atom. The molecule has 162 valence electrons. The largest absolute Gasteiger partial charge is 0.493 e. The van der Waals surface area contributed by atoms with E-state index >= 15 is 0 Å². The molecule has 1 aromatic heterocycles. The molecule has 1 atom stereocenters. The van der Waals surface area contributed by atoms with E-state index in [1.807, 2.05) is 19.1 Å². The number of carbonyl (C=O) groups is 2. The van der Waals surface area contributed by atoms with E-state index in [2.05, 4.69) is 25.2 Å². The van der Waals surface area contributed by atoms with Crippen LogP contribution in [0.25, 0.3) is 0 Å². The van der Waals surface area contributed by atoms with Gasteiger partial charge in [-0.25, -0.2) is 4.79 Å². The number of amides is 1. The van der Waals surface area contributed by atoms with Gasteiger partial charge in [0.2, 0.25) is 5.91 Å². The van der Waals surface area contributed by atoms with E-state index in [0.717, 1.165) is 36.1 Å². The van der Waals surface area contributed by atoms with E-state index in [0.29, 0.717) is 42.5 Å². The molecule has 6 heteroatoms. The van der Waals surface area contributed by atoms with Gasteiger partial charge in [-0.2, -0.15) is 0 Å². The molecule has 0 saturated heterocycles. The Morgan fingerprint density at radius 3 is 2.80 bits per heavy atom. The molecule has 1 heterocycles. The van der Waals surface area contributed by atoms with Crippen LogP contribution in [-0.2, 0) is 16.0 Å². The zero-order valence-corrected chi connectivity index (χ0v) is 19.1. The molecule has 1 aromatic carbocycles. The lowest BCUT2D eigenvalue weighted by molar-refractivity contribution is -0.116. The molecule has 1 N–H and O–H groups in total. The number of anilines is 1. The number of nitrogens with one attached hydrogen (secondary N) is 1. The van der Waals surface area contributed by atoms with Crippen molar-refractivity contribution >= 4 is 28.2 Å². The maximum atomic E-state index is 12.6. The molecule has 2 aromatic rings. The Kier molecular flexibility index (Phi) is 7.53. The van der Waals surface area contributed by atoms with Crippen molar-refractivity contribution in [2.24, 2.45) is 0 Å². The molecule has 30 heavy (non-hydrogen) atoms. The molecule has 1 aliphatic carbocycles. The van der Waals surface area contributed by atoms with E-state index in [1.54, 1.807) is 6.92 Å². The average molecular weight is 430 g/mol. The third kappa shape index (κ3) is 5.22. The fraction of sp³-hybridized carbons (Fsp3) is 0.500. The Bertz CT molecular complexity index is 918. The van der Waals surface area contributed by atoms with Crippen molar-refractivity contribution in [3.05, 3.63) is 45.3 Å². The van der Waals surface area contributed by atoms with Crippen LogP contribution < -0.4 is 10.1 Å². The van der Waals surface area contributed by atoms with Crippen molar-refractivity contribution in [2.75, 3.05) is 18.5 Å². The molecule has 0 saturated carbocycles. The van der Waals surface area contributed by atoms with Crippen LogP contribution >= 0.6 is 11.3 Å². The average Bonchev–Trinajstić information content (AvgIpc) is 3.06. The van der Waals surface area contributed by atoms with E-state index < -0.39 is 0 Å². The van der Waals surface area contributed by atoms with Crippen LogP contribution in [-0.4, -0.2) is 25.1 Å². The van der Waals surface area contributed by atoms with Gasteiger partial charge in [-0.05, 0) is 69.6 Å². The number of esters is 1. The maximum absolute atomic E-state index is 12.6. The number of ether oxygens (including phenoxy) is 2. The zero-order valence-electron chi connectivity index (χ0n) is 18.3. The fourth-order valence-electron chi connectivity index (χ4n) is 3.97. The van der Waals surface area contributed by atoms with Crippen LogP contribution in [0.1, 0.15) is 77.4 Å². The highest BCUT2D eigenvalue weighted by Gasteiger charge is 2.30. The number of benzene rings is 1. The van der Waals surface area contributed by atoms with Crippen LogP contribution in [0.5, 0.6) is 5.75 Å².